The SMILES string of the molecule is c1n[nH]c(CCC2CCCCN2)n1. The van der Waals surface area contributed by atoms with Crippen LogP contribution in [-0.4, -0.2) is 27.8 Å². The lowest BCUT2D eigenvalue weighted by Gasteiger charge is -2.22. The maximum atomic E-state index is 4.11. The standard InChI is InChI=1S/C9H16N4/c1-2-6-10-8(3-1)4-5-9-11-7-12-13-9/h7-8,10H,1-6H2,(H,11,12,13). The van der Waals surface area contributed by atoms with E-state index in [1.807, 2.05) is 0 Å². The number of nitrogens with one attached hydrogen (secondary N) is 2. The fourth-order valence-corrected chi connectivity index (χ4v) is 1.83. The molecule has 0 radical (unpaired) electrons. The van der Waals surface area contributed by atoms with Crippen LogP contribution in [0.25, 0.3) is 0 Å². The van der Waals surface area contributed by atoms with Gasteiger partial charge in [-0.25, -0.2) is 4.98 Å². The number of hydrogen-bond donors (Lipinski definition) is 2. The molecule has 0 bridgehead atoms. The van der Waals surface area contributed by atoms with Gasteiger partial charge in [0.1, 0.15) is 12.2 Å². The van der Waals surface area contributed by atoms with Gasteiger partial charge in [-0.15, -0.1) is 0 Å². The minimum absolute atomic E-state index is 0.693. The summed E-state index contributed by atoms with van der Waals surface area (Å²) in [7, 11) is 0. The van der Waals surface area contributed by atoms with Crippen LogP contribution in [0.3, 0.4) is 0 Å². The highest BCUT2D eigenvalue weighted by atomic mass is 15.2. The number of aromatic nitrogens is 3. The summed E-state index contributed by atoms with van der Waals surface area (Å²) in [4.78, 5) is 4.11. The van der Waals surface area contributed by atoms with Gasteiger partial charge in [-0.2, -0.15) is 5.10 Å². The van der Waals surface area contributed by atoms with Gasteiger partial charge in [0.05, 0.1) is 0 Å². The van der Waals surface area contributed by atoms with Crippen molar-refractivity contribution >= 4 is 0 Å². The lowest BCUT2D eigenvalue weighted by atomic mass is 10.0. The molecule has 72 valence electrons. The monoisotopic (exact) mass is 180 g/mol. The van der Waals surface area contributed by atoms with Crippen LogP contribution in [0.15, 0.2) is 6.33 Å². The highest BCUT2D eigenvalue weighted by molar-refractivity contribution is 4.83. The summed E-state index contributed by atoms with van der Waals surface area (Å²) < 4.78 is 0. The Bertz CT molecular complexity index is 226. The van der Waals surface area contributed by atoms with E-state index in [9.17, 15) is 0 Å². The van der Waals surface area contributed by atoms with Gasteiger partial charge in [0.25, 0.3) is 0 Å². The minimum Gasteiger partial charge on any atom is -0.314 e. The number of hydrogen-bond acceptors (Lipinski definition) is 3. The molecule has 1 aromatic heterocycles. The molecule has 0 aliphatic carbocycles. The molecule has 1 unspecified atom stereocenters. The van der Waals surface area contributed by atoms with Gasteiger partial charge in [0.15, 0.2) is 0 Å². The van der Waals surface area contributed by atoms with Crippen molar-refractivity contribution in [3.8, 4) is 0 Å². The molecule has 4 heteroatoms. The summed E-state index contributed by atoms with van der Waals surface area (Å²) in [5, 5.41) is 10.2. The van der Waals surface area contributed by atoms with Crippen molar-refractivity contribution in [3.63, 3.8) is 0 Å². The Labute approximate surface area is 78.1 Å². The molecule has 0 saturated carbocycles. The van der Waals surface area contributed by atoms with Crippen LogP contribution < -0.4 is 5.32 Å². The summed E-state index contributed by atoms with van der Waals surface area (Å²) in [5.74, 6) is 1.01. The smallest absolute Gasteiger partial charge is 0.137 e. The third kappa shape index (κ3) is 2.52. The van der Waals surface area contributed by atoms with Crippen LogP contribution in [-0.2, 0) is 6.42 Å². The van der Waals surface area contributed by atoms with Gasteiger partial charge in [-0.3, -0.25) is 5.10 Å². The Kier molecular flexibility index (Phi) is 2.92. The molecular weight excluding hydrogens is 164 g/mol. The van der Waals surface area contributed by atoms with E-state index in [1.165, 1.54) is 32.2 Å². The molecular formula is C9H16N4. The van der Waals surface area contributed by atoms with E-state index >= 15 is 0 Å². The number of aryl methyl sites for hydroxylation is 1. The molecule has 0 aromatic carbocycles. The van der Waals surface area contributed by atoms with E-state index in [4.69, 9.17) is 0 Å². The Morgan fingerprint density at radius 2 is 2.46 bits per heavy atom. The zero-order valence-electron chi connectivity index (χ0n) is 7.79. The predicted molar refractivity (Wildman–Crippen MR) is 50.3 cm³/mol. The number of piperidine rings is 1. The van der Waals surface area contributed by atoms with Gasteiger partial charge in [-0.05, 0) is 25.8 Å². The number of nitrogens with zero attached hydrogens (tertiary/aromatic N) is 2. The zero-order valence-corrected chi connectivity index (χ0v) is 7.79. The lowest BCUT2D eigenvalue weighted by Crippen LogP contribution is -2.34. The van der Waals surface area contributed by atoms with Crippen LogP contribution in [0.4, 0.5) is 0 Å². The molecule has 0 amide bonds. The lowest BCUT2D eigenvalue weighted by molar-refractivity contribution is 0.381. The van der Waals surface area contributed by atoms with E-state index < -0.39 is 0 Å². The maximum absolute atomic E-state index is 4.11. The molecule has 1 fully saturated rings. The van der Waals surface area contributed by atoms with Crippen LogP contribution in [0.1, 0.15) is 31.5 Å². The molecule has 1 saturated heterocycles. The van der Waals surface area contributed by atoms with Crippen molar-refractivity contribution in [3.05, 3.63) is 12.2 Å². The summed E-state index contributed by atoms with van der Waals surface area (Å²) in [6, 6.07) is 0.693. The normalized spacial score (nSPS) is 23.2. The Morgan fingerprint density at radius 1 is 1.46 bits per heavy atom. The van der Waals surface area contributed by atoms with Gasteiger partial charge in [0, 0.05) is 12.5 Å². The molecule has 13 heavy (non-hydrogen) atoms. The molecule has 1 atom stereocenters. The largest absolute Gasteiger partial charge is 0.314 e. The van der Waals surface area contributed by atoms with Crippen LogP contribution in [0, 0.1) is 0 Å². The second kappa shape index (κ2) is 4.37. The Balaban J connectivity index is 1.72. The van der Waals surface area contributed by atoms with Crippen molar-refractivity contribution in [1.82, 2.24) is 20.5 Å². The minimum atomic E-state index is 0.693. The molecule has 2 N–H and O–H groups in total. The molecule has 2 heterocycles. The van der Waals surface area contributed by atoms with Gasteiger partial charge in [-0.1, -0.05) is 6.42 Å². The van der Waals surface area contributed by atoms with Crippen molar-refractivity contribution < 1.29 is 0 Å². The highest BCUT2D eigenvalue weighted by Crippen LogP contribution is 2.11. The quantitative estimate of drug-likeness (QED) is 0.726. The van der Waals surface area contributed by atoms with Crippen molar-refractivity contribution in [2.24, 2.45) is 0 Å². The number of H-pyrrole nitrogens is 1. The topological polar surface area (TPSA) is 53.6 Å². The second-order valence-electron chi connectivity index (χ2n) is 3.62. The first kappa shape index (κ1) is 8.69. The Morgan fingerprint density at radius 3 is 3.15 bits per heavy atom. The van der Waals surface area contributed by atoms with Crippen LogP contribution in [0.5, 0.6) is 0 Å². The fraction of sp³-hybridized carbons (Fsp3) is 0.778. The third-order valence-corrected chi connectivity index (χ3v) is 2.61. The fourth-order valence-electron chi connectivity index (χ4n) is 1.83. The van der Waals surface area contributed by atoms with Gasteiger partial charge >= 0.3 is 0 Å². The summed E-state index contributed by atoms with van der Waals surface area (Å²) in [6.07, 6.45) is 7.78. The van der Waals surface area contributed by atoms with Gasteiger partial charge < -0.3 is 5.32 Å². The first-order valence-corrected chi connectivity index (χ1v) is 5.03. The van der Waals surface area contributed by atoms with Crippen molar-refractivity contribution in [1.29, 1.82) is 0 Å². The molecule has 1 aliphatic rings. The molecule has 1 aliphatic heterocycles. The molecule has 2 rings (SSSR count). The predicted octanol–water partition coefficient (Wildman–Crippen LogP) is 0.879. The summed E-state index contributed by atoms with van der Waals surface area (Å²) >= 11 is 0. The van der Waals surface area contributed by atoms with E-state index in [2.05, 4.69) is 20.5 Å². The zero-order chi connectivity index (χ0) is 8.93. The molecule has 0 spiro atoms. The second-order valence-corrected chi connectivity index (χ2v) is 3.62. The van der Waals surface area contributed by atoms with Gasteiger partial charge in [0.2, 0.25) is 0 Å². The highest BCUT2D eigenvalue weighted by Gasteiger charge is 2.12. The van der Waals surface area contributed by atoms with Crippen LogP contribution in [0.2, 0.25) is 0 Å². The Hall–Kier alpha value is -0.900. The third-order valence-electron chi connectivity index (χ3n) is 2.61. The van der Waals surface area contributed by atoms with E-state index in [0.717, 1.165) is 12.2 Å². The maximum Gasteiger partial charge on any atom is 0.137 e. The van der Waals surface area contributed by atoms with Crippen molar-refractivity contribution in [2.75, 3.05) is 6.54 Å². The summed E-state index contributed by atoms with van der Waals surface area (Å²) in [5.41, 5.74) is 0. The molecule has 1 aromatic rings. The molecule has 4 nitrogen and oxygen atoms in total. The van der Waals surface area contributed by atoms with E-state index in [0.29, 0.717) is 6.04 Å². The first-order valence-electron chi connectivity index (χ1n) is 5.03. The first-order chi connectivity index (χ1) is 6.45. The van der Waals surface area contributed by atoms with E-state index in [1.54, 1.807) is 6.33 Å². The average molecular weight is 180 g/mol. The number of aromatic amines is 1. The number of rotatable bonds is 3. The van der Waals surface area contributed by atoms with Crippen LogP contribution >= 0.6 is 0 Å². The average Bonchev–Trinajstić information content (AvgIpc) is 2.69. The summed E-state index contributed by atoms with van der Waals surface area (Å²) in [6.45, 7) is 1.18. The van der Waals surface area contributed by atoms with Crippen molar-refractivity contribution in [2.45, 2.75) is 38.1 Å². The van der Waals surface area contributed by atoms with E-state index in [-0.39, 0.29) is 0 Å².